The van der Waals surface area contributed by atoms with Crippen LogP contribution >= 0.6 is 0 Å². The molecule has 8 heteroatoms. The van der Waals surface area contributed by atoms with E-state index in [1.807, 2.05) is 24.3 Å². The van der Waals surface area contributed by atoms with Crippen molar-refractivity contribution in [3.8, 4) is 5.75 Å². The highest BCUT2D eigenvalue weighted by atomic mass is 28.4. The van der Waals surface area contributed by atoms with Crippen molar-refractivity contribution < 1.29 is 23.1 Å². The quantitative estimate of drug-likeness (QED) is 0.209. The van der Waals surface area contributed by atoms with Gasteiger partial charge >= 0.3 is 0 Å². The predicted molar refractivity (Wildman–Crippen MR) is 204 cm³/mol. The molecule has 2 aromatic rings. The summed E-state index contributed by atoms with van der Waals surface area (Å²) >= 11 is 0. The monoisotopic (exact) mass is 696 g/mol. The van der Waals surface area contributed by atoms with Crippen LogP contribution in [0.15, 0.2) is 60.2 Å². The molecule has 262 valence electrons. The van der Waals surface area contributed by atoms with Crippen molar-refractivity contribution >= 4 is 25.0 Å². The van der Waals surface area contributed by atoms with E-state index in [2.05, 4.69) is 139 Å². The van der Waals surface area contributed by atoms with Crippen LogP contribution in [0.25, 0.3) is 0 Å². The number of fused-ring (bicyclic) bond motifs is 3. The number of hydrogen-bond acceptors (Lipinski definition) is 5. The number of rotatable bonds is 9. The Bertz CT molecular complexity index is 1450. The second kappa shape index (κ2) is 12.7. The maximum atomic E-state index is 13.3. The molecule has 5 nitrogen and oxygen atoms in total. The highest BCUT2D eigenvalue weighted by Crippen LogP contribution is 2.61. The van der Waals surface area contributed by atoms with E-state index in [1.54, 1.807) is 0 Å². The molecule has 2 aliphatic carbocycles. The van der Waals surface area contributed by atoms with Crippen molar-refractivity contribution in [3.63, 3.8) is 0 Å². The third-order valence-electron chi connectivity index (χ3n) is 12.1. The topological polar surface area (TPSA) is 57.2 Å². The van der Waals surface area contributed by atoms with E-state index in [4.69, 9.17) is 18.0 Å². The zero-order valence-electron chi connectivity index (χ0n) is 32.3. The van der Waals surface area contributed by atoms with Crippen molar-refractivity contribution in [2.75, 3.05) is 0 Å². The number of benzene rings is 2. The van der Waals surface area contributed by atoms with Crippen molar-refractivity contribution in [1.29, 1.82) is 0 Å². The van der Waals surface area contributed by atoms with Gasteiger partial charge in [-0.15, -0.1) is 0 Å². The van der Waals surface area contributed by atoms with Crippen molar-refractivity contribution in [3.05, 3.63) is 76.9 Å². The minimum absolute atomic E-state index is 0.00801. The minimum Gasteiger partial charge on any atom is -0.489 e. The van der Waals surface area contributed by atoms with E-state index < -0.39 is 48.7 Å². The second-order valence-corrected chi connectivity index (χ2v) is 33.0. The molecule has 0 heterocycles. The van der Waals surface area contributed by atoms with Gasteiger partial charge in [0.2, 0.25) is 0 Å². The molecule has 2 aromatic carbocycles. The van der Waals surface area contributed by atoms with E-state index >= 15 is 0 Å². The smallest absolute Gasteiger partial charge is 0.193 e. The van der Waals surface area contributed by atoms with Crippen LogP contribution in [0.4, 0.5) is 0 Å². The van der Waals surface area contributed by atoms with Crippen LogP contribution in [0.2, 0.25) is 54.4 Å². The summed E-state index contributed by atoms with van der Waals surface area (Å²) in [5, 5.41) is 13.2. The van der Waals surface area contributed by atoms with Gasteiger partial charge in [-0.25, -0.2) is 0 Å². The first-order valence-electron chi connectivity index (χ1n) is 17.5. The fraction of sp³-hybridized carbons (Fsp3) is 0.641. The molecule has 0 aliphatic heterocycles. The first-order chi connectivity index (χ1) is 21.2. The maximum absolute atomic E-state index is 13.3. The molecule has 1 N–H and O–H groups in total. The van der Waals surface area contributed by atoms with Gasteiger partial charge in [-0.2, -0.15) is 0 Å². The van der Waals surface area contributed by atoms with Crippen LogP contribution in [0.3, 0.4) is 0 Å². The Labute approximate surface area is 289 Å². The van der Waals surface area contributed by atoms with Gasteiger partial charge in [0.25, 0.3) is 0 Å². The lowest BCUT2D eigenvalue weighted by molar-refractivity contribution is -0.0904. The molecule has 0 amide bonds. The van der Waals surface area contributed by atoms with Gasteiger partial charge < -0.3 is 23.1 Å². The van der Waals surface area contributed by atoms with Crippen molar-refractivity contribution in [2.45, 2.75) is 160 Å². The fourth-order valence-electron chi connectivity index (χ4n) is 6.03. The molecule has 47 heavy (non-hydrogen) atoms. The van der Waals surface area contributed by atoms with Gasteiger partial charge in [0, 0.05) is 5.56 Å². The van der Waals surface area contributed by atoms with Gasteiger partial charge in [-0.1, -0.05) is 105 Å². The molecule has 4 rings (SSSR count). The maximum Gasteiger partial charge on any atom is 0.193 e. The molecule has 0 unspecified atom stereocenters. The molecule has 0 aromatic heterocycles. The van der Waals surface area contributed by atoms with Crippen LogP contribution in [0, 0.1) is 0 Å². The van der Waals surface area contributed by atoms with Gasteiger partial charge in [0.1, 0.15) is 24.1 Å². The fourth-order valence-corrected chi connectivity index (χ4v) is 9.89. The van der Waals surface area contributed by atoms with Crippen LogP contribution in [0.1, 0.15) is 97.9 Å². The Hall–Kier alpha value is -1.53. The lowest BCUT2D eigenvalue weighted by atomic mass is 9.73. The highest BCUT2D eigenvalue weighted by molar-refractivity contribution is 6.75. The van der Waals surface area contributed by atoms with Gasteiger partial charge in [-0.05, 0) is 90.2 Å². The Morgan fingerprint density at radius 3 is 1.72 bits per heavy atom. The predicted octanol–water partition coefficient (Wildman–Crippen LogP) is 10.9. The Morgan fingerprint density at radius 2 is 1.19 bits per heavy atom. The van der Waals surface area contributed by atoms with Crippen LogP contribution in [-0.2, 0) is 19.9 Å². The average molecular weight is 697 g/mol. The van der Waals surface area contributed by atoms with Crippen LogP contribution < -0.4 is 4.74 Å². The zero-order valence-corrected chi connectivity index (χ0v) is 35.3. The molecule has 0 spiro atoms. The first kappa shape index (κ1) is 38.3. The van der Waals surface area contributed by atoms with E-state index in [0.29, 0.717) is 6.61 Å². The van der Waals surface area contributed by atoms with Crippen LogP contribution in [0.5, 0.6) is 5.75 Å². The molecule has 0 saturated carbocycles. The average Bonchev–Trinajstić information content (AvgIpc) is 3.15. The molecular formula is C39H64O5Si3. The van der Waals surface area contributed by atoms with E-state index in [9.17, 15) is 5.11 Å². The van der Waals surface area contributed by atoms with Gasteiger partial charge in [0.05, 0.1) is 18.1 Å². The summed E-state index contributed by atoms with van der Waals surface area (Å²) in [5.74, 6) is 0.339. The molecular weight excluding hydrogens is 633 g/mol. The SMILES string of the molecule is CC1=C[C@@]2(O)[C@H](O[Si](C)(C)C(C)(C)C)c3cccc(OCc4ccccc4)c3[C@H]2[C@H](O[Si](C)(C)C(C)(C)C)[C@H]1O[Si](C)(C)C(C)(C)C. The summed E-state index contributed by atoms with van der Waals surface area (Å²) < 4.78 is 28.8. The van der Waals surface area contributed by atoms with Gasteiger partial charge in [-0.3, -0.25) is 0 Å². The molecule has 5 atom stereocenters. The Kier molecular flexibility index (Phi) is 10.3. The van der Waals surface area contributed by atoms with Crippen molar-refractivity contribution in [1.82, 2.24) is 0 Å². The minimum atomic E-state index is -2.36. The molecule has 0 bridgehead atoms. The summed E-state index contributed by atoms with van der Waals surface area (Å²) in [6.07, 6.45) is 0.780. The van der Waals surface area contributed by atoms with E-state index in [1.165, 1.54) is 0 Å². The lowest BCUT2D eigenvalue weighted by Crippen LogP contribution is -2.59. The third-order valence-corrected chi connectivity index (χ3v) is 25.4. The zero-order chi connectivity index (χ0) is 35.6. The lowest BCUT2D eigenvalue weighted by Gasteiger charge is -2.52. The molecule has 2 aliphatic rings. The summed E-state index contributed by atoms with van der Waals surface area (Å²) in [4.78, 5) is 0. The summed E-state index contributed by atoms with van der Waals surface area (Å²) in [6, 6.07) is 16.5. The first-order valence-corrected chi connectivity index (χ1v) is 26.2. The number of hydrogen-bond donors (Lipinski definition) is 1. The van der Waals surface area contributed by atoms with E-state index in [-0.39, 0.29) is 21.2 Å². The Morgan fingerprint density at radius 1 is 0.681 bits per heavy atom. The molecule has 0 fully saturated rings. The molecule has 0 radical (unpaired) electrons. The highest BCUT2D eigenvalue weighted by Gasteiger charge is 2.63. The van der Waals surface area contributed by atoms with E-state index in [0.717, 1.165) is 28.0 Å². The van der Waals surface area contributed by atoms with Gasteiger partial charge in [0.15, 0.2) is 25.0 Å². The summed E-state index contributed by atoms with van der Waals surface area (Å²) in [7, 11) is -6.95. The third kappa shape index (κ3) is 7.35. The van der Waals surface area contributed by atoms with Crippen LogP contribution in [-0.4, -0.2) is 47.9 Å². The summed E-state index contributed by atoms with van der Waals surface area (Å²) in [6.45, 7) is 36.8. The number of aliphatic hydroxyl groups is 1. The second-order valence-electron chi connectivity index (χ2n) is 18.7. The summed E-state index contributed by atoms with van der Waals surface area (Å²) in [5.41, 5.74) is 2.76. The Balaban J connectivity index is 1.98. The van der Waals surface area contributed by atoms with Crippen molar-refractivity contribution in [2.24, 2.45) is 0 Å². The molecule has 0 saturated heterocycles. The normalized spacial score (nSPS) is 25.7. The largest absolute Gasteiger partial charge is 0.489 e. The standard InChI is InChI=1S/C39H64O5Si3/c1-27-25-39(40)32(34(43-46(13,14)37(5,6)7)33(27)42-45(11,12)36(2,3)4)31-29(35(39)44-47(15,16)38(8,9)10)23-20-24-30(31)41-26-28-21-18-17-19-22-28/h17-25,32-35,40H,26H2,1-16H3/t32-,33-,34-,35+,39-/m0/s1. The number of ether oxygens (including phenoxy) is 1.